The Morgan fingerprint density at radius 1 is 1.73 bits per heavy atom. The van der Waals surface area contributed by atoms with Crippen LogP contribution >= 0.6 is 0 Å². The van der Waals surface area contributed by atoms with Crippen molar-refractivity contribution in [2.75, 3.05) is 6.54 Å². The first-order valence-corrected chi connectivity index (χ1v) is 3.78. The van der Waals surface area contributed by atoms with Gasteiger partial charge in [0.05, 0.1) is 0 Å². The van der Waals surface area contributed by atoms with Crippen molar-refractivity contribution in [3.05, 3.63) is 11.6 Å². The predicted octanol–water partition coefficient (Wildman–Crippen LogP) is 0.0595. The van der Waals surface area contributed by atoms with Gasteiger partial charge in [-0.3, -0.25) is 4.79 Å². The molecule has 0 saturated carbocycles. The lowest BCUT2D eigenvalue weighted by Crippen LogP contribution is -2.41. The predicted molar refractivity (Wildman–Crippen MR) is 41.9 cm³/mol. The van der Waals surface area contributed by atoms with Gasteiger partial charge in [0, 0.05) is 6.54 Å². The lowest BCUT2D eigenvalue weighted by molar-refractivity contribution is -0.128. The van der Waals surface area contributed by atoms with Crippen LogP contribution in [0.15, 0.2) is 11.6 Å². The van der Waals surface area contributed by atoms with Crippen molar-refractivity contribution < 1.29 is 9.90 Å². The van der Waals surface area contributed by atoms with Crippen LogP contribution in [0.3, 0.4) is 0 Å². The summed E-state index contributed by atoms with van der Waals surface area (Å²) in [5.74, 6) is -0.0350. The van der Waals surface area contributed by atoms with Gasteiger partial charge in [-0.25, -0.2) is 0 Å². The highest BCUT2D eigenvalue weighted by molar-refractivity contribution is 5.85. The van der Waals surface area contributed by atoms with Gasteiger partial charge in [-0.15, -0.1) is 0 Å². The number of nitrogens with one attached hydrogen (secondary N) is 1. The molecule has 0 bridgehead atoms. The molecule has 0 saturated heterocycles. The quantitative estimate of drug-likeness (QED) is 0.526. The maximum atomic E-state index is 10.9. The van der Waals surface area contributed by atoms with Crippen LogP contribution in [-0.4, -0.2) is 23.7 Å². The third kappa shape index (κ3) is 1.60. The van der Waals surface area contributed by atoms with Crippen LogP contribution in [0.25, 0.3) is 0 Å². The third-order valence-electron chi connectivity index (χ3n) is 1.84. The molecular weight excluding hydrogens is 142 g/mol. The highest BCUT2D eigenvalue weighted by atomic mass is 16.3. The zero-order valence-corrected chi connectivity index (χ0v) is 6.79. The summed E-state index contributed by atoms with van der Waals surface area (Å²) >= 11 is 0. The Morgan fingerprint density at radius 2 is 2.36 bits per heavy atom. The second kappa shape index (κ2) is 3.05. The van der Waals surface area contributed by atoms with Crippen molar-refractivity contribution in [2.24, 2.45) is 5.92 Å². The molecule has 3 nitrogen and oxygen atoms in total. The van der Waals surface area contributed by atoms with E-state index in [9.17, 15) is 9.90 Å². The van der Waals surface area contributed by atoms with E-state index in [4.69, 9.17) is 0 Å². The molecule has 0 fully saturated rings. The number of amides is 1. The molecule has 62 valence electrons. The molecule has 0 aliphatic carbocycles. The molecule has 1 amide bonds. The highest BCUT2D eigenvalue weighted by Gasteiger charge is 2.24. The van der Waals surface area contributed by atoms with Crippen LogP contribution in [0.2, 0.25) is 0 Å². The fourth-order valence-corrected chi connectivity index (χ4v) is 1.18. The zero-order chi connectivity index (χ0) is 8.43. The minimum atomic E-state index is -0.927. The molecule has 1 rings (SSSR count). The van der Waals surface area contributed by atoms with Crippen molar-refractivity contribution in [1.82, 2.24) is 5.32 Å². The third-order valence-corrected chi connectivity index (χ3v) is 1.84. The molecule has 1 unspecified atom stereocenters. The Bertz CT molecular complexity index is 196. The monoisotopic (exact) mass is 155 g/mol. The molecule has 1 atom stereocenters. The number of aliphatic hydroxyl groups is 1. The largest absolute Gasteiger partial charge is 0.379 e. The van der Waals surface area contributed by atoms with Gasteiger partial charge in [0.25, 0.3) is 5.91 Å². The number of aliphatic hydroxyl groups excluding tert-OH is 1. The zero-order valence-electron chi connectivity index (χ0n) is 6.79. The molecule has 2 N–H and O–H groups in total. The van der Waals surface area contributed by atoms with Gasteiger partial charge in [-0.05, 0) is 11.5 Å². The maximum absolute atomic E-state index is 10.9. The van der Waals surface area contributed by atoms with E-state index in [1.165, 1.54) is 0 Å². The van der Waals surface area contributed by atoms with Crippen LogP contribution in [0.1, 0.15) is 13.8 Å². The highest BCUT2D eigenvalue weighted by Crippen LogP contribution is 2.16. The van der Waals surface area contributed by atoms with Crippen molar-refractivity contribution in [1.29, 1.82) is 0 Å². The number of rotatable bonds is 1. The lowest BCUT2D eigenvalue weighted by atomic mass is 9.95. The van der Waals surface area contributed by atoms with E-state index < -0.39 is 6.10 Å². The van der Waals surface area contributed by atoms with E-state index in [1.807, 2.05) is 19.9 Å². The lowest BCUT2D eigenvalue weighted by Gasteiger charge is -2.21. The summed E-state index contributed by atoms with van der Waals surface area (Å²) in [6.07, 6.45) is 0.945. The standard InChI is InChI=1S/C8H13NO2/c1-5(2)6-3-4-9-8(11)7(6)10/h3,5,7,10H,4H2,1-2H3,(H,9,11). The minimum absolute atomic E-state index is 0.246. The van der Waals surface area contributed by atoms with Crippen LogP contribution in [-0.2, 0) is 4.79 Å². The Balaban J connectivity index is 2.78. The van der Waals surface area contributed by atoms with Crippen LogP contribution in [0.5, 0.6) is 0 Å². The van der Waals surface area contributed by atoms with Crippen LogP contribution < -0.4 is 5.32 Å². The first-order valence-electron chi connectivity index (χ1n) is 3.78. The van der Waals surface area contributed by atoms with Crippen molar-refractivity contribution in [3.63, 3.8) is 0 Å². The number of hydrogen-bond donors (Lipinski definition) is 2. The maximum Gasteiger partial charge on any atom is 0.253 e. The fraction of sp³-hybridized carbons (Fsp3) is 0.625. The summed E-state index contributed by atoms with van der Waals surface area (Å²) in [7, 11) is 0. The summed E-state index contributed by atoms with van der Waals surface area (Å²) in [6.45, 7) is 4.48. The van der Waals surface area contributed by atoms with E-state index in [1.54, 1.807) is 0 Å². The Morgan fingerprint density at radius 3 is 2.82 bits per heavy atom. The summed E-state index contributed by atoms with van der Waals surface area (Å²) in [6, 6.07) is 0. The first-order chi connectivity index (χ1) is 5.13. The van der Waals surface area contributed by atoms with Crippen molar-refractivity contribution in [3.8, 4) is 0 Å². The van der Waals surface area contributed by atoms with Gasteiger partial charge in [0.1, 0.15) is 0 Å². The number of hydrogen-bond acceptors (Lipinski definition) is 2. The molecule has 1 aliphatic heterocycles. The van der Waals surface area contributed by atoms with E-state index in [0.29, 0.717) is 6.54 Å². The van der Waals surface area contributed by atoms with Crippen molar-refractivity contribution >= 4 is 5.91 Å². The molecule has 0 spiro atoms. The molecule has 0 radical (unpaired) electrons. The molecule has 0 aromatic heterocycles. The first kappa shape index (κ1) is 8.27. The average Bonchev–Trinajstić information content (AvgIpc) is 1.94. The Labute approximate surface area is 66.1 Å². The van der Waals surface area contributed by atoms with E-state index in [2.05, 4.69) is 5.32 Å². The molecule has 0 aromatic carbocycles. The molecule has 11 heavy (non-hydrogen) atoms. The Hall–Kier alpha value is -0.830. The van der Waals surface area contributed by atoms with Gasteiger partial charge >= 0.3 is 0 Å². The summed E-state index contributed by atoms with van der Waals surface area (Å²) in [5, 5.41) is 11.9. The number of carbonyl (C=O) groups excluding carboxylic acids is 1. The van der Waals surface area contributed by atoms with Crippen molar-refractivity contribution in [2.45, 2.75) is 20.0 Å². The fourth-order valence-electron chi connectivity index (χ4n) is 1.18. The SMILES string of the molecule is CC(C)C1=CCNC(=O)C1O. The molecular formula is C8H13NO2. The molecule has 1 aliphatic rings. The van der Waals surface area contributed by atoms with E-state index >= 15 is 0 Å². The van der Waals surface area contributed by atoms with Gasteiger partial charge in [0.2, 0.25) is 0 Å². The second-order valence-corrected chi connectivity index (χ2v) is 3.01. The van der Waals surface area contributed by atoms with Crippen LogP contribution in [0, 0.1) is 5.92 Å². The van der Waals surface area contributed by atoms with Gasteiger partial charge < -0.3 is 10.4 Å². The second-order valence-electron chi connectivity index (χ2n) is 3.01. The normalized spacial score (nSPS) is 24.9. The van der Waals surface area contributed by atoms with Gasteiger partial charge in [-0.1, -0.05) is 19.9 Å². The molecule has 3 heteroatoms. The Kier molecular flexibility index (Phi) is 2.29. The van der Waals surface area contributed by atoms with Crippen LogP contribution in [0.4, 0.5) is 0 Å². The van der Waals surface area contributed by atoms with Gasteiger partial charge in [-0.2, -0.15) is 0 Å². The summed E-state index contributed by atoms with van der Waals surface area (Å²) < 4.78 is 0. The van der Waals surface area contributed by atoms with E-state index in [-0.39, 0.29) is 11.8 Å². The topological polar surface area (TPSA) is 49.3 Å². The minimum Gasteiger partial charge on any atom is -0.379 e. The molecule has 0 aromatic rings. The molecule has 1 heterocycles. The van der Waals surface area contributed by atoms with E-state index in [0.717, 1.165) is 5.57 Å². The van der Waals surface area contributed by atoms with Gasteiger partial charge in [0.15, 0.2) is 6.10 Å². The summed E-state index contributed by atoms with van der Waals surface area (Å²) in [4.78, 5) is 10.9. The smallest absolute Gasteiger partial charge is 0.253 e. The average molecular weight is 155 g/mol. The summed E-state index contributed by atoms with van der Waals surface area (Å²) in [5.41, 5.74) is 0.828. The number of carbonyl (C=O) groups is 1.